The molecule has 0 aliphatic carbocycles. The lowest BCUT2D eigenvalue weighted by atomic mass is 9.92. The number of hydrogen-bond acceptors (Lipinski definition) is 4. The Kier molecular flexibility index (Phi) is 6.90. The number of nitrogens with one attached hydrogen (secondary N) is 2. The molecular formula is C19H16F5N3O3S. The van der Waals surface area contributed by atoms with Gasteiger partial charge < -0.3 is 5.32 Å². The highest BCUT2D eigenvalue weighted by atomic mass is 32.2. The van der Waals surface area contributed by atoms with Crippen LogP contribution in [-0.2, 0) is 21.4 Å². The van der Waals surface area contributed by atoms with Crippen molar-refractivity contribution in [3.63, 3.8) is 0 Å². The molecule has 1 aromatic rings. The molecule has 1 atom stereocenters. The van der Waals surface area contributed by atoms with E-state index >= 15 is 0 Å². The monoisotopic (exact) mass is 461 g/mol. The Bertz CT molecular complexity index is 1120. The van der Waals surface area contributed by atoms with E-state index in [4.69, 9.17) is 6.42 Å². The van der Waals surface area contributed by atoms with E-state index in [0.29, 0.717) is 18.2 Å². The fourth-order valence-electron chi connectivity index (χ4n) is 2.63. The summed E-state index contributed by atoms with van der Waals surface area (Å²) < 4.78 is 92.4. The summed E-state index contributed by atoms with van der Waals surface area (Å²) in [5.41, 5.74) is -4.93. The van der Waals surface area contributed by atoms with Gasteiger partial charge in [0, 0.05) is 18.8 Å². The third-order valence-electron chi connectivity index (χ3n) is 3.98. The van der Waals surface area contributed by atoms with Gasteiger partial charge in [0.25, 0.3) is 0 Å². The maximum Gasteiger partial charge on any atom is 0.416 e. The predicted molar refractivity (Wildman–Crippen MR) is 105 cm³/mol. The van der Waals surface area contributed by atoms with Crippen LogP contribution in [0.2, 0.25) is 0 Å². The highest BCUT2D eigenvalue weighted by Gasteiger charge is 2.48. The highest BCUT2D eigenvalue weighted by molar-refractivity contribution is 7.92. The predicted octanol–water partition coefficient (Wildman–Crippen LogP) is 2.63. The molecule has 0 fully saturated rings. The zero-order valence-corrected chi connectivity index (χ0v) is 16.7. The van der Waals surface area contributed by atoms with E-state index in [1.165, 1.54) is 6.07 Å². The second-order valence-electron chi connectivity index (χ2n) is 6.50. The van der Waals surface area contributed by atoms with Crippen LogP contribution in [0.25, 0.3) is 0 Å². The van der Waals surface area contributed by atoms with Crippen LogP contribution in [0.15, 0.2) is 40.9 Å². The number of rotatable bonds is 6. The number of carbonyl (C=O) groups is 1. The zero-order valence-electron chi connectivity index (χ0n) is 15.9. The van der Waals surface area contributed by atoms with Crippen LogP contribution >= 0.6 is 0 Å². The standard InChI is InChI=1S/C19H16F5N3O3S/c1-3-13-8-12(9-14(20)17(13)27-31(2,29)30)10-26-16(28)4-6-18(21)11-25-7-5-15(18)19(22,23)24/h1,4-9,27H,10-11H2,2H3,(H,26,28). The van der Waals surface area contributed by atoms with Crippen LogP contribution < -0.4 is 10.0 Å². The molecule has 2 rings (SSSR count). The molecular weight excluding hydrogens is 445 g/mol. The Labute approximate surface area is 175 Å². The average molecular weight is 461 g/mol. The summed E-state index contributed by atoms with van der Waals surface area (Å²) in [5.74, 6) is 0.163. The van der Waals surface area contributed by atoms with Gasteiger partial charge in [-0.05, 0) is 29.8 Å². The summed E-state index contributed by atoms with van der Waals surface area (Å²) >= 11 is 0. The van der Waals surface area contributed by atoms with E-state index in [1.54, 1.807) is 0 Å². The number of terminal acetylenes is 1. The Balaban J connectivity index is 2.13. The van der Waals surface area contributed by atoms with Gasteiger partial charge in [0.05, 0.1) is 29.6 Å². The normalized spacial score (nSPS) is 19.1. The molecule has 1 aliphatic rings. The molecule has 1 aromatic carbocycles. The quantitative estimate of drug-likeness (QED) is 0.388. The number of allylic oxidation sites excluding steroid dienone is 1. The highest BCUT2D eigenvalue weighted by Crippen LogP contribution is 2.38. The van der Waals surface area contributed by atoms with Crippen molar-refractivity contribution in [1.82, 2.24) is 5.32 Å². The van der Waals surface area contributed by atoms with E-state index in [2.05, 4.69) is 16.2 Å². The molecule has 0 saturated carbocycles. The van der Waals surface area contributed by atoms with Crippen molar-refractivity contribution in [3.05, 3.63) is 52.9 Å². The molecule has 2 N–H and O–H groups in total. The first-order valence-electron chi connectivity index (χ1n) is 8.46. The molecule has 0 spiro atoms. The van der Waals surface area contributed by atoms with Crippen molar-refractivity contribution < 1.29 is 35.2 Å². The summed E-state index contributed by atoms with van der Waals surface area (Å²) in [6.45, 7) is -1.15. The molecule has 1 amide bonds. The van der Waals surface area contributed by atoms with Crippen molar-refractivity contribution in [2.75, 3.05) is 17.5 Å². The van der Waals surface area contributed by atoms with Crippen LogP contribution in [0, 0.1) is 18.2 Å². The van der Waals surface area contributed by atoms with Crippen LogP contribution in [0.4, 0.5) is 27.6 Å². The molecule has 0 bridgehead atoms. The van der Waals surface area contributed by atoms with Crippen molar-refractivity contribution in [1.29, 1.82) is 0 Å². The first kappa shape index (κ1) is 24.1. The third-order valence-corrected chi connectivity index (χ3v) is 4.55. The molecule has 6 nitrogen and oxygen atoms in total. The fraction of sp³-hybridized carbons (Fsp3) is 0.263. The number of nitrogens with zero attached hydrogens (tertiary/aromatic N) is 1. The Morgan fingerprint density at radius 2 is 2.06 bits per heavy atom. The second kappa shape index (κ2) is 8.89. The first-order valence-corrected chi connectivity index (χ1v) is 10.3. The Morgan fingerprint density at radius 3 is 2.65 bits per heavy atom. The van der Waals surface area contributed by atoms with Gasteiger partial charge in [-0.15, -0.1) is 6.42 Å². The molecule has 0 radical (unpaired) electrons. The summed E-state index contributed by atoms with van der Waals surface area (Å²) in [5, 5.41) is 2.25. The lowest BCUT2D eigenvalue weighted by molar-refractivity contribution is -0.117. The van der Waals surface area contributed by atoms with Crippen molar-refractivity contribution in [2.45, 2.75) is 18.4 Å². The molecule has 1 heterocycles. The molecule has 31 heavy (non-hydrogen) atoms. The lowest BCUT2D eigenvalue weighted by Gasteiger charge is -2.26. The molecule has 166 valence electrons. The second-order valence-corrected chi connectivity index (χ2v) is 8.25. The Morgan fingerprint density at radius 1 is 1.39 bits per heavy atom. The fourth-order valence-corrected chi connectivity index (χ4v) is 3.21. The maximum absolute atomic E-state index is 14.7. The number of anilines is 1. The van der Waals surface area contributed by atoms with E-state index in [-0.39, 0.29) is 17.7 Å². The van der Waals surface area contributed by atoms with Gasteiger partial charge >= 0.3 is 6.18 Å². The number of aliphatic imine (C=N–C) groups is 1. The summed E-state index contributed by atoms with van der Waals surface area (Å²) in [7, 11) is -3.80. The van der Waals surface area contributed by atoms with E-state index in [1.807, 2.05) is 4.72 Å². The summed E-state index contributed by atoms with van der Waals surface area (Å²) in [6.07, 6.45) is 3.46. The molecule has 0 aromatic heterocycles. The minimum atomic E-state index is -4.95. The van der Waals surface area contributed by atoms with E-state index in [0.717, 1.165) is 18.5 Å². The summed E-state index contributed by atoms with van der Waals surface area (Å²) in [4.78, 5) is 15.4. The van der Waals surface area contributed by atoms with Gasteiger partial charge in [0.15, 0.2) is 5.67 Å². The topological polar surface area (TPSA) is 87.6 Å². The lowest BCUT2D eigenvalue weighted by Crippen LogP contribution is -2.37. The number of carbonyl (C=O) groups excluding carboxylic acids is 1. The van der Waals surface area contributed by atoms with Crippen LogP contribution in [0.5, 0.6) is 0 Å². The molecule has 12 heteroatoms. The number of benzene rings is 1. The number of dihydropyridines is 1. The molecule has 1 unspecified atom stereocenters. The van der Waals surface area contributed by atoms with Crippen LogP contribution in [0.3, 0.4) is 0 Å². The number of alkyl halides is 4. The summed E-state index contributed by atoms with van der Waals surface area (Å²) in [6, 6.07) is 2.15. The van der Waals surface area contributed by atoms with Crippen LogP contribution in [-0.4, -0.2) is 45.2 Å². The molecule has 1 aliphatic heterocycles. The maximum atomic E-state index is 14.7. The van der Waals surface area contributed by atoms with Gasteiger partial charge in [-0.2, -0.15) is 13.2 Å². The van der Waals surface area contributed by atoms with Crippen LogP contribution in [0.1, 0.15) is 11.1 Å². The van der Waals surface area contributed by atoms with Crippen molar-refractivity contribution >= 4 is 27.8 Å². The number of amides is 1. The first-order chi connectivity index (χ1) is 14.2. The van der Waals surface area contributed by atoms with Gasteiger partial charge in [0.2, 0.25) is 15.9 Å². The van der Waals surface area contributed by atoms with Crippen molar-refractivity contribution in [3.8, 4) is 12.3 Å². The SMILES string of the molecule is C#Cc1cc(CNC(=O)C=CC2(F)CN=CC=C2C(F)(F)F)cc(F)c1NS(C)(=O)=O. The zero-order chi connectivity index (χ0) is 23.4. The third kappa shape index (κ3) is 6.39. The Hall–Kier alpha value is -3.20. The smallest absolute Gasteiger partial charge is 0.348 e. The van der Waals surface area contributed by atoms with Gasteiger partial charge in [-0.3, -0.25) is 14.5 Å². The number of sulfonamides is 1. The number of halogens is 5. The minimum absolute atomic E-state index is 0.132. The molecule has 0 saturated heterocycles. The average Bonchev–Trinajstić information content (AvgIpc) is 2.65. The van der Waals surface area contributed by atoms with E-state index < -0.39 is 51.4 Å². The number of hydrogen-bond donors (Lipinski definition) is 2. The van der Waals surface area contributed by atoms with E-state index in [9.17, 15) is 35.2 Å². The van der Waals surface area contributed by atoms with Crippen molar-refractivity contribution in [2.24, 2.45) is 4.99 Å². The van der Waals surface area contributed by atoms with Gasteiger partial charge in [0.1, 0.15) is 5.82 Å². The minimum Gasteiger partial charge on any atom is -0.348 e. The van der Waals surface area contributed by atoms with Gasteiger partial charge in [-0.1, -0.05) is 5.92 Å². The largest absolute Gasteiger partial charge is 0.416 e. The van der Waals surface area contributed by atoms with Gasteiger partial charge in [-0.25, -0.2) is 17.2 Å².